The molecule has 116 valence electrons. The molecule has 0 aliphatic carbocycles. The summed E-state index contributed by atoms with van der Waals surface area (Å²) in [7, 11) is 0. The molecule has 0 fully saturated rings. The molecule has 1 aromatic carbocycles. The minimum Gasteiger partial charge on any atom is -0.491 e. The van der Waals surface area contributed by atoms with Gasteiger partial charge in [0.15, 0.2) is 0 Å². The maximum atomic E-state index is 12.3. The van der Waals surface area contributed by atoms with E-state index in [9.17, 15) is 4.79 Å². The number of ether oxygens (including phenoxy) is 1. The predicted octanol–water partition coefficient (Wildman–Crippen LogP) is 2.03. The number of nitrogens with one attached hydrogen (secondary N) is 1. The summed E-state index contributed by atoms with van der Waals surface area (Å²) in [5, 5.41) is 11.6. The number of nitrogens with zero attached hydrogens (tertiary/aromatic N) is 2. The summed E-state index contributed by atoms with van der Waals surface area (Å²) in [5.41, 5.74) is 2.63. The predicted molar refractivity (Wildman–Crippen MR) is 83.2 cm³/mol. The second-order valence-corrected chi connectivity index (χ2v) is 5.00. The highest BCUT2D eigenvalue weighted by Gasteiger charge is 2.10. The summed E-state index contributed by atoms with van der Waals surface area (Å²) in [5.74, 6) is 0.855. The number of aromatic nitrogens is 2. The van der Waals surface area contributed by atoms with Gasteiger partial charge in [0, 0.05) is 17.4 Å². The highest BCUT2D eigenvalue weighted by Crippen LogP contribution is 2.21. The number of aliphatic hydroxyl groups is 1. The average Bonchev–Trinajstić information content (AvgIpc) is 2.43. The second-order valence-electron chi connectivity index (χ2n) is 5.00. The van der Waals surface area contributed by atoms with E-state index in [4.69, 9.17) is 9.84 Å². The van der Waals surface area contributed by atoms with E-state index in [2.05, 4.69) is 15.3 Å². The lowest BCUT2D eigenvalue weighted by Crippen LogP contribution is -2.15. The molecule has 6 nitrogen and oxygen atoms in total. The number of benzene rings is 1. The molecule has 1 aromatic heterocycles. The van der Waals surface area contributed by atoms with E-state index in [0.717, 1.165) is 11.3 Å². The smallest absolute Gasteiger partial charge is 0.274 e. The number of carbonyl (C=O) groups is 1. The van der Waals surface area contributed by atoms with Crippen LogP contribution in [0.3, 0.4) is 0 Å². The third-order valence-corrected chi connectivity index (χ3v) is 2.87. The molecule has 0 atom stereocenters. The van der Waals surface area contributed by atoms with Crippen molar-refractivity contribution in [2.75, 3.05) is 18.5 Å². The van der Waals surface area contributed by atoms with E-state index >= 15 is 0 Å². The molecule has 1 heterocycles. The average molecular weight is 301 g/mol. The van der Waals surface area contributed by atoms with Gasteiger partial charge in [0.05, 0.1) is 6.61 Å². The Morgan fingerprint density at radius 2 is 1.95 bits per heavy atom. The van der Waals surface area contributed by atoms with Crippen molar-refractivity contribution >= 4 is 11.6 Å². The van der Waals surface area contributed by atoms with Gasteiger partial charge >= 0.3 is 0 Å². The van der Waals surface area contributed by atoms with Crippen LogP contribution >= 0.6 is 0 Å². The first-order valence-corrected chi connectivity index (χ1v) is 6.97. The van der Waals surface area contributed by atoms with Crippen LogP contribution in [-0.2, 0) is 0 Å². The van der Waals surface area contributed by atoms with E-state index in [1.54, 1.807) is 19.1 Å². The van der Waals surface area contributed by atoms with Gasteiger partial charge in [0.2, 0.25) is 0 Å². The quantitative estimate of drug-likeness (QED) is 0.882. The fourth-order valence-electron chi connectivity index (χ4n) is 2.10. The molecule has 2 aromatic rings. The first kappa shape index (κ1) is 15.9. The Morgan fingerprint density at radius 3 is 2.64 bits per heavy atom. The summed E-state index contributed by atoms with van der Waals surface area (Å²) in [6.45, 7) is 5.62. The second kappa shape index (κ2) is 7.00. The van der Waals surface area contributed by atoms with E-state index in [1.165, 1.54) is 0 Å². The van der Waals surface area contributed by atoms with Crippen molar-refractivity contribution in [3.05, 3.63) is 47.0 Å². The van der Waals surface area contributed by atoms with Crippen molar-refractivity contribution in [3.8, 4) is 5.75 Å². The topological polar surface area (TPSA) is 84.3 Å². The lowest BCUT2D eigenvalue weighted by atomic mass is 10.2. The summed E-state index contributed by atoms with van der Waals surface area (Å²) in [6, 6.07) is 7.03. The molecule has 0 spiro atoms. The minimum atomic E-state index is -0.299. The van der Waals surface area contributed by atoms with E-state index in [1.807, 2.05) is 26.0 Å². The fourth-order valence-corrected chi connectivity index (χ4v) is 2.10. The molecular formula is C16H19N3O3. The third-order valence-electron chi connectivity index (χ3n) is 2.87. The number of carbonyl (C=O) groups excluding carboxylic acids is 1. The number of hydrogen-bond acceptors (Lipinski definition) is 5. The SMILES string of the molecule is Cc1cc(NC(=O)c2cc(C)nc(C)n2)cc(OCCO)c1. The number of aliphatic hydroxyl groups excluding tert-OH is 1. The Morgan fingerprint density at radius 1 is 1.18 bits per heavy atom. The fraction of sp³-hybridized carbons (Fsp3) is 0.312. The summed E-state index contributed by atoms with van der Waals surface area (Å²) >= 11 is 0. The highest BCUT2D eigenvalue weighted by atomic mass is 16.5. The number of rotatable bonds is 5. The zero-order valence-electron chi connectivity index (χ0n) is 12.9. The molecule has 0 bridgehead atoms. The van der Waals surface area contributed by atoms with E-state index in [-0.39, 0.29) is 19.1 Å². The summed E-state index contributed by atoms with van der Waals surface area (Å²) in [4.78, 5) is 20.6. The Bertz CT molecular complexity index is 666. The van der Waals surface area contributed by atoms with Gasteiger partial charge in [-0.3, -0.25) is 4.79 Å². The number of anilines is 1. The molecule has 0 radical (unpaired) electrons. The van der Waals surface area contributed by atoms with Crippen LogP contribution in [0, 0.1) is 20.8 Å². The van der Waals surface area contributed by atoms with E-state index < -0.39 is 0 Å². The van der Waals surface area contributed by atoms with Gasteiger partial charge in [-0.05, 0) is 44.5 Å². The van der Waals surface area contributed by atoms with Gasteiger partial charge in [-0.1, -0.05) is 0 Å². The summed E-state index contributed by atoms with van der Waals surface area (Å²) in [6.07, 6.45) is 0. The molecule has 1 amide bonds. The van der Waals surface area contributed by atoms with Crippen LogP contribution in [0.1, 0.15) is 27.6 Å². The van der Waals surface area contributed by atoms with Crippen molar-refractivity contribution in [1.29, 1.82) is 0 Å². The van der Waals surface area contributed by atoms with Gasteiger partial charge in [-0.15, -0.1) is 0 Å². The van der Waals surface area contributed by atoms with Crippen LogP contribution in [0.25, 0.3) is 0 Å². The van der Waals surface area contributed by atoms with Crippen molar-refractivity contribution < 1.29 is 14.6 Å². The summed E-state index contributed by atoms with van der Waals surface area (Å²) < 4.78 is 5.38. The Labute approximate surface area is 129 Å². The Kier molecular flexibility index (Phi) is 5.06. The normalized spacial score (nSPS) is 10.4. The van der Waals surface area contributed by atoms with Gasteiger partial charge in [0.1, 0.15) is 23.9 Å². The molecule has 2 rings (SSSR count). The molecule has 0 unspecified atom stereocenters. The van der Waals surface area contributed by atoms with Crippen molar-refractivity contribution in [1.82, 2.24) is 9.97 Å². The molecule has 22 heavy (non-hydrogen) atoms. The van der Waals surface area contributed by atoms with Gasteiger partial charge in [-0.2, -0.15) is 0 Å². The molecule has 0 aliphatic heterocycles. The molecule has 6 heteroatoms. The lowest BCUT2D eigenvalue weighted by Gasteiger charge is -2.10. The molecule has 0 saturated carbocycles. The maximum Gasteiger partial charge on any atom is 0.274 e. The van der Waals surface area contributed by atoms with Gasteiger partial charge in [0.25, 0.3) is 5.91 Å². The minimum absolute atomic E-state index is 0.0604. The highest BCUT2D eigenvalue weighted by molar-refractivity contribution is 6.03. The van der Waals surface area contributed by atoms with Crippen LogP contribution in [0.4, 0.5) is 5.69 Å². The first-order chi connectivity index (χ1) is 10.5. The lowest BCUT2D eigenvalue weighted by molar-refractivity contribution is 0.102. The first-order valence-electron chi connectivity index (χ1n) is 6.97. The van der Waals surface area contributed by atoms with Crippen molar-refractivity contribution in [2.45, 2.75) is 20.8 Å². The van der Waals surface area contributed by atoms with Crippen LogP contribution in [0.5, 0.6) is 5.75 Å². The number of aryl methyl sites for hydroxylation is 3. The number of hydrogen-bond donors (Lipinski definition) is 2. The van der Waals surface area contributed by atoms with E-state index in [0.29, 0.717) is 23.0 Å². The third kappa shape index (κ3) is 4.26. The zero-order valence-corrected chi connectivity index (χ0v) is 12.9. The van der Waals surface area contributed by atoms with Crippen LogP contribution in [-0.4, -0.2) is 34.2 Å². The molecule has 0 aliphatic rings. The number of amides is 1. The van der Waals surface area contributed by atoms with Crippen LogP contribution in [0.2, 0.25) is 0 Å². The largest absolute Gasteiger partial charge is 0.491 e. The van der Waals surface area contributed by atoms with Gasteiger partial charge in [-0.25, -0.2) is 9.97 Å². The molecular weight excluding hydrogens is 282 g/mol. The monoisotopic (exact) mass is 301 g/mol. The molecule has 2 N–H and O–H groups in total. The zero-order chi connectivity index (χ0) is 16.1. The van der Waals surface area contributed by atoms with Crippen LogP contribution < -0.4 is 10.1 Å². The maximum absolute atomic E-state index is 12.3. The van der Waals surface area contributed by atoms with Crippen molar-refractivity contribution in [2.24, 2.45) is 0 Å². The Balaban J connectivity index is 2.18. The van der Waals surface area contributed by atoms with Crippen LogP contribution in [0.15, 0.2) is 24.3 Å². The Hall–Kier alpha value is -2.47. The standard InChI is InChI=1S/C16H19N3O3/c1-10-6-13(9-14(7-10)22-5-4-20)19-16(21)15-8-11(2)17-12(3)18-15/h6-9,20H,4-5H2,1-3H3,(H,19,21). The van der Waals surface area contributed by atoms with Gasteiger partial charge < -0.3 is 15.2 Å². The van der Waals surface area contributed by atoms with Crippen molar-refractivity contribution in [3.63, 3.8) is 0 Å². The molecule has 0 saturated heterocycles.